The van der Waals surface area contributed by atoms with Crippen LogP contribution in [0.5, 0.6) is 0 Å². The van der Waals surface area contributed by atoms with Crippen LogP contribution in [0, 0.1) is 3.57 Å². The smallest absolute Gasteiger partial charge is 0.354 e. The molecule has 1 aromatic rings. The number of nitrogens with zero attached hydrogens (tertiary/aromatic N) is 2. The largest absolute Gasteiger partial charge is 0.477 e. The van der Waals surface area contributed by atoms with Gasteiger partial charge in [0.15, 0.2) is 5.69 Å². The fourth-order valence-electron chi connectivity index (χ4n) is 0.711. The first-order chi connectivity index (χ1) is 6.37. The molecule has 0 spiro atoms. The van der Waals surface area contributed by atoms with Gasteiger partial charge in [-0.15, -0.1) is 0 Å². The van der Waals surface area contributed by atoms with Gasteiger partial charge in [0.1, 0.15) is 3.57 Å². The van der Waals surface area contributed by atoms with Crippen LogP contribution in [0.3, 0.4) is 0 Å². The second-order valence-electron chi connectivity index (χ2n) is 2.12. The number of rotatable bonds is 1. The molecule has 1 rings (SSSR count). The maximum Gasteiger partial charge on any atom is 0.354 e. The molecule has 0 aromatic carbocycles. The predicted molar refractivity (Wildman–Crippen MR) is 73.5 cm³/mol. The molecule has 0 unspecified atom stereocenters. The molecule has 0 fully saturated rings. The zero-order valence-corrected chi connectivity index (χ0v) is 12.7. The molecule has 0 aliphatic heterocycles. The molecule has 0 saturated heterocycles. The Balaban J connectivity index is 3.88. The predicted octanol–water partition coefficient (Wildman–Crippen LogP) is 0.709. The number of carboxylic acid groups (broad SMARTS) is 1. The first-order valence-electron chi connectivity index (χ1n) is 3.01. The Hall–Kier alpha value is 0.340. The summed E-state index contributed by atoms with van der Waals surface area (Å²) in [6.45, 7) is 0. The highest BCUT2D eigenvalue weighted by Gasteiger charge is 2.20. The minimum absolute atomic E-state index is 0.0125. The van der Waals surface area contributed by atoms with Gasteiger partial charge in [0.2, 0.25) is 0 Å². The third kappa shape index (κ3) is 1.98. The minimum atomic E-state index is -1.30. The van der Waals surface area contributed by atoms with Gasteiger partial charge >= 0.3 is 11.7 Å². The molecule has 0 amide bonds. The van der Waals surface area contributed by atoms with Crippen molar-refractivity contribution in [2.24, 2.45) is 0 Å². The van der Waals surface area contributed by atoms with Gasteiger partial charge in [-0.25, -0.2) is 12.4 Å². The second-order valence-corrected chi connectivity index (χ2v) is 5.13. The Morgan fingerprint density at radius 2 is 1.71 bits per heavy atom. The quantitative estimate of drug-likeness (QED) is 0.539. The van der Waals surface area contributed by atoms with Gasteiger partial charge in [0, 0.05) is 0 Å². The number of hydrogen-bond acceptors (Lipinski definition) is 3. The van der Waals surface area contributed by atoms with Gasteiger partial charge in [-0.3, -0.25) is 4.79 Å². The van der Waals surface area contributed by atoms with E-state index in [0.717, 1.165) is 5.56 Å². The van der Waals surface area contributed by atoms with E-state index in [1.807, 2.05) is 0 Å². The van der Waals surface area contributed by atoms with Crippen molar-refractivity contribution >= 4 is 74.3 Å². The molecule has 1 N–H and O–H groups in total. The average Bonchev–Trinajstić information content (AvgIpc) is 2.11. The molecule has 14 heavy (non-hydrogen) atoms. The molecule has 0 saturated carbocycles. The first kappa shape index (κ1) is 12.4. The third-order valence-corrected chi connectivity index (χ3v) is 4.03. The van der Waals surface area contributed by atoms with Crippen LogP contribution in [-0.4, -0.2) is 16.6 Å². The molecule has 0 atom stereocenters. The highest BCUT2D eigenvalue weighted by molar-refractivity contribution is 14.1. The van der Waals surface area contributed by atoms with Crippen LogP contribution >= 0.6 is 68.3 Å². The van der Waals surface area contributed by atoms with Crippen molar-refractivity contribution in [2.75, 3.05) is 0 Å². The lowest BCUT2D eigenvalue weighted by molar-refractivity contribution is 0.0687. The summed E-state index contributed by atoms with van der Waals surface area (Å²) in [5.41, 5.74) is -1.58. The molecule has 6 nitrogen and oxygen atoms in total. The summed E-state index contributed by atoms with van der Waals surface area (Å²) in [5.74, 6) is -1.30. The van der Waals surface area contributed by atoms with E-state index in [1.165, 1.54) is 22.9 Å². The first-order valence-corrected chi connectivity index (χ1v) is 6.02. The standard InChI is InChI=1S/C5HI3N2O4/c6-1-2(4(12)13)9(7)5(14)10(8)3(1)11/h(H,12,13). The van der Waals surface area contributed by atoms with E-state index >= 15 is 0 Å². The van der Waals surface area contributed by atoms with Crippen molar-refractivity contribution in [1.29, 1.82) is 0 Å². The summed E-state index contributed by atoms with van der Waals surface area (Å²) in [6.07, 6.45) is 0. The van der Waals surface area contributed by atoms with Crippen LogP contribution in [0.25, 0.3) is 0 Å². The van der Waals surface area contributed by atoms with Crippen molar-refractivity contribution in [2.45, 2.75) is 0 Å². The van der Waals surface area contributed by atoms with E-state index in [4.69, 9.17) is 5.11 Å². The van der Waals surface area contributed by atoms with Crippen LogP contribution in [0.2, 0.25) is 0 Å². The van der Waals surface area contributed by atoms with E-state index in [-0.39, 0.29) is 9.26 Å². The number of carboxylic acids is 1. The van der Waals surface area contributed by atoms with Crippen molar-refractivity contribution in [3.8, 4) is 0 Å². The maximum absolute atomic E-state index is 11.3. The van der Waals surface area contributed by atoms with Crippen molar-refractivity contribution in [3.63, 3.8) is 0 Å². The summed E-state index contributed by atoms with van der Waals surface area (Å²) >= 11 is 4.68. The number of halogens is 3. The van der Waals surface area contributed by atoms with E-state index in [2.05, 4.69) is 0 Å². The van der Waals surface area contributed by atoms with Crippen LogP contribution < -0.4 is 11.2 Å². The summed E-state index contributed by atoms with van der Waals surface area (Å²) in [6, 6.07) is 0. The monoisotopic (exact) mass is 534 g/mol. The van der Waals surface area contributed by atoms with E-state index in [0.29, 0.717) is 0 Å². The molecule has 0 radical (unpaired) electrons. The van der Waals surface area contributed by atoms with Gasteiger partial charge in [-0.2, -0.15) is 2.78 Å². The number of aromatic nitrogens is 2. The Kier molecular flexibility index (Phi) is 3.95. The van der Waals surface area contributed by atoms with Gasteiger partial charge in [-0.1, -0.05) is 0 Å². The van der Waals surface area contributed by atoms with Crippen molar-refractivity contribution < 1.29 is 9.90 Å². The topological polar surface area (TPSA) is 81.3 Å². The average molecular weight is 534 g/mol. The zero-order valence-electron chi connectivity index (χ0n) is 6.20. The third-order valence-electron chi connectivity index (χ3n) is 1.31. The summed E-state index contributed by atoms with van der Waals surface area (Å²) < 4.78 is 1.74. The zero-order chi connectivity index (χ0) is 11.0. The summed E-state index contributed by atoms with van der Waals surface area (Å²) in [5, 5.41) is 8.77. The molecular formula is C5HI3N2O4. The van der Waals surface area contributed by atoms with Crippen LogP contribution in [-0.2, 0) is 0 Å². The summed E-state index contributed by atoms with van der Waals surface area (Å²) in [4.78, 5) is 33.4. The molecule has 1 heterocycles. The molecule has 0 aliphatic carbocycles. The fraction of sp³-hybridized carbons (Fsp3) is 0. The molecular weight excluding hydrogens is 533 g/mol. The number of aromatic carboxylic acids is 1. The molecule has 0 aliphatic rings. The molecule has 0 bridgehead atoms. The number of carbonyl (C=O) groups is 1. The number of hydrogen-bond donors (Lipinski definition) is 1. The second kappa shape index (κ2) is 4.46. The molecule has 76 valence electrons. The highest BCUT2D eigenvalue weighted by atomic mass is 127. The van der Waals surface area contributed by atoms with Crippen LogP contribution in [0.15, 0.2) is 9.59 Å². The van der Waals surface area contributed by atoms with Gasteiger partial charge in [-0.05, 0) is 22.6 Å². The van der Waals surface area contributed by atoms with E-state index in [9.17, 15) is 14.4 Å². The van der Waals surface area contributed by atoms with Crippen molar-refractivity contribution in [3.05, 3.63) is 30.1 Å². The normalized spacial score (nSPS) is 10.2. The minimum Gasteiger partial charge on any atom is -0.477 e. The lowest BCUT2D eigenvalue weighted by Crippen LogP contribution is -2.37. The summed E-state index contributed by atoms with van der Waals surface area (Å²) in [7, 11) is 0. The lowest BCUT2D eigenvalue weighted by Gasteiger charge is -2.04. The Morgan fingerprint density at radius 1 is 1.21 bits per heavy atom. The van der Waals surface area contributed by atoms with Crippen LogP contribution in [0.1, 0.15) is 10.5 Å². The Bertz CT molecular complexity index is 480. The SMILES string of the molecule is O=C(O)c1c(I)c(=O)n(I)c(=O)n1I. The van der Waals surface area contributed by atoms with E-state index < -0.39 is 17.2 Å². The Labute approximate surface area is 118 Å². The maximum atomic E-state index is 11.3. The van der Waals surface area contributed by atoms with Gasteiger partial charge in [0.05, 0.1) is 45.7 Å². The highest BCUT2D eigenvalue weighted by Crippen LogP contribution is 2.08. The van der Waals surface area contributed by atoms with Crippen LogP contribution in [0.4, 0.5) is 0 Å². The molecule has 9 heteroatoms. The molecule has 1 aromatic heterocycles. The van der Waals surface area contributed by atoms with Gasteiger partial charge < -0.3 is 5.11 Å². The lowest BCUT2D eigenvalue weighted by atomic mass is 10.4. The Morgan fingerprint density at radius 3 is 2.14 bits per heavy atom. The van der Waals surface area contributed by atoms with E-state index in [1.54, 1.807) is 45.5 Å². The van der Waals surface area contributed by atoms with Gasteiger partial charge in [0.25, 0.3) is 5.56 Å². The fourth-order valence-corrected chi connectivity index (χ4v) is 3.88. The van der Waals surface area contributed by atoms with Crippen molar-refractivity contribution in [1.82, 2.24) is 5.56 Å².